The SMILES string of the molecule is COC(=O)N1CCC(c2cc(OC(C)C)c(N)cc2C)CC1. The van der Waals surface area contributed by atoms with E-state index in [1.807, 2.05) is 19.9 Å². The van der Waals surface area contributed by atoms with Crippen molar-refractivity contribution in [2.45, 2.75) is 45.6 Å². The lowest BCUT2D eigenvalue weighted by Crippen LogP contribution is -2.37. The highest BCUT2D eigenvalue weighted by atomic mass is 16.5. The van der Waals surface area contributed by atoms with Gasteiger partial charge < -0.3 is 20.1 Å². The second-order valence-corrected chi connectivity index (χ2v) is 6.14. The molecule has 1 aromatic carbocycles. The number of nitrogens with two attached hydrogens (primary N) is 1. The van der Waals surface area contributed by atoms with Crippen molar-refractivity contribution in [3.8, 4) is 5.75 Å². The van der Waals surface area contributed by atoms with Gasteiger partial charge in [0.25, 0.3) is 0 Å². The third-order valence-corrected chi connectivity index (χ3v) is 4.13. The maximum atomic E-state index is 11.6. The Labute approximate surface area is 132 Å². The third-order valence-electron chi connectivity index (χ3n) is 4.13. The number of hydrogen-bond acceptors (Lipinski definition) is 4. The van der Waals surface area contributed by atoms with Gasteiger partial charge in [0.15, 0.2) is 0 Å². The summed E-state index contributed by atoms with van der Waals surface area (Å²) in [6.07, 6.45) is 1.72. The van der Waals surface area contributed by atoms with E-state index in [0.717, 1.165) is 31.7 Å². The minimum Gasteiger partial charge on any atom is -0.489 e. The van der Waals surface area contributed by atoms with Gasteiger partial charge in [-0.2, -0.15) is 0 Å². The maximum absolute atomic E-state index is 11.6. The highest BCUT2D eigenvalue weighted by molar-refractivity contribution is 5.67. The van der Waals surface area contributed by atoms with E-state index in [9.17, 15) is 4.79 Å². The molecule has 2 rings (SSSR count). The van der Waals surface area contributed by atoms with Crippen LogP contribution in [0.15, 0.2) is 12.1 Å². The molecule has 1 amide bonds. The molecule has 1 heterocycles. The van der Waals surface area contributed by atoms with E-state index < -0.39 is 0 Å². The van der Waals surface area contributed by atoms with E-state index in [1.54, 1.807) is 4.90 Å². The largest absolute Gasteiger partial charge is 0.489 e. The molecule has 1 saturated heterocycles. The Morgan fingerprint density at radius 1 is 1.32 bits per heavy atom. The summed E-state index contributed by atoms with van der Waals surface area (Å²) in [5, 5.41) is 0. The average Bonchev–Trinajstić information content (AvgIpc) is 2.49. The van der Waals surface area contributed by atoms with Gasteiger partial charge in [0.1, 0.15) is 5.75 Å². The molecule has 122 valence electrons. The van der Waals surface area contributed by atoms with Crippen molar-refractivity contribution < 1.29 is 14.3 Å². The van der Waals surface area contributed by atoms with E-state index in [1.165, 1.54) is 18.2 Å². The highest BCUT2D eigenvalue weighted by Gasteiger charge is 2.25. The number of hydrogen-bond donors (Lipinski definition) is 1. The molecular formula is C17H26N2O3. The number of aryl methyl sites for hydroxylation is 1. The standard InChI is InChI=1S/C17H26N2O3/c1-11(2)22-16-10-14(12(3)9-15(16)18)13-5-7-19(8-6-13)17(20)21-4/h9-11,13H,5-8,18H2,1-4H3. The number of carbonyl (C=O) groups is 1. The topological polar surface area (TPSA) is 64.8 Å². The van der Waals surface area contributed by atoms with Gasteiger partial charge in [-0.1, -0.05) is 0 Å². The van der Waals surface area contributed by atoms with E-state index >= 15 is 0 Å². The number of nitrogen functional groups attached to an aromatic ring is 1. The second-order valence-electron chi connectivity index (χ2n) is 6.14. The van der Waals surface area contributed by atoms with Crippen molar-refractivity contribution >= 4 is 11.8 Å². The molecule has 1 fully saturated rings. The quantitative estimate of drug-likeness (QED) is 0.870. The Hall–Kier alpha value is -1.91. The van der Waals surface area contributed by atoms with Crippen molar-refractivity contribution in [2.75, 3.05) is 25.9 Å². The van der Waals surface area contributed by atoms with Crippen molar-refractivity contribution in [1.29, 1.82) is 0 Å². The lowest BCUT2D eigenvalue weighted by molar-refractivity contribution is 0.112. The highest BCUT2D eigenvalue weighted by Crippen LogP contribution is 2.35. The lowest BCUT2D eigenvalue weighted by atomic mass is 9.86. The number of methoxy groups -OCH3 is 1. The van der Waals surface area contributed by atoms with Crippen molar-refractivity contribution in [3.05, 3.63) is 23.3 Å². The molecule has 1 aliphatic heterocycles. The predicted octanol–water partition coefficient (Wildman–Crippen LogP) is 3.31. The number of nitrogens with zero attached hydrogens (tertiary/aromatic N) is 1. The molecule has 0 saturated carbocycles. The molecule has 2 N–H and O–H groups in total. The van der Waals surface area contributed by atoms with Gasteiger partial charge >= 0.3 is 6.09 Å². The summed E-state index contributed by atoms with van der Waals surface area (Å²) in [6, 6.07) is 4.06. The van der Waals surface area contributed by atoms with Crippen molar-refractivity contribution in [1.82, 2.24) is 4.90 Å². The Bertz CT molecular complexity index is 535. The number of carbonyl (C=O) groups excluding carboxylic acids is 1. The van der Waals surface area contributed by atoms with Crippen LogP contribution in [-0.2, 0) is 4.74 Å². The van der Waals surface area contributed by atoms with Gasteiger partial charge in [-0.3, -0.25) is 0 Å². The van der Waals surface area contributed by atoms with Crippen LogP contribution in [0.25, 0.3) is 0 Å². The minimum atomic E-state index is -0.240. The average molecular weight is 306 g/mol. The Morgan fingerprint density at radius 3 is 2.50 bits per heavy atom. The van der Waals surface area contributed by atoms with Gasteiger partial charge in [0.2, 0.25) is 0 Å². The molecule has 22 heavy (non-hydrogen) atoms. The molecule has 0 spiro atoms. The molecule has 0 radical (unpaired) electrons. The van der Waals surface area contributed by atoms with E-state index in [-0.39, 0.29) is 12.2 Å². The summed E-state index contributed by atoms with van der Waals surface area (Å²) in [6.45, 7) is 7.52. The fourth-order valence-electron chi connectivity index (χ4n) is 3.02. The first kappa shape index (κ1) is 16.5. The monoisotopic (exact) mass is 306 g/mol. The van der Waals surface area contributed by atoms with Crippen LogP contribution in [0.3, 0.4) is 0 Å². The molecule has 0 unspecified atom stereocenters. The number of anilines is 1. The van der Waals surface area contributed by atoms with Crippen LogP contribution < -0.4 is 10.5 Å². The van der Waals surface area contributed by atoms with Crippen LogP contribution in [0.2, 0.25) is 0 Å². The molecule has 0 atom stereocenters. The van der Waals surface area contributed by atoms with Crippen LogP contribution in [0.5, 0.6) is 5.75 Å². The van der Waals surface area contributed by atoms with Gasteiger partial charge in [-0.15, -0.1) is 0 Å². The van der Waals surface area contributed by atoms with Crippen LogP contribution in [0.1, 0.15) is 43.7 Å². The maximum Gasteiger partial charge on any atom is 0.409 e. The van der Waals surface area contributed by atoms with Crippen molar-refractivity contribution in [2.24, 2.45) is 0 Å². The van der Waals surface area contributed by atoms with Crippen LogP contribution in [-0.4, -0.2) is 37.3 Å². The van der Waals surface area contributed by atoms with E-state index in [2.05, 4.69) is 13.0 Å². The number of piperidine rings is 1. The zero-order chi connectivity index (χ0) is 16.3. The molecular weight excluding hydrogens is 280 g/mol. The number of ether oxygens (including phenoxy) is 2. The molecule has 5 heteroatoms. The van der Waals surface area contributed by atoms with Gasteiger partial charge in [-0.25, -0.2) is 4.79 Å². The fraction of sp³-hybridized carbons (Fsp3) is 0.588. The zero-order valence-electron chi connectivity index (χ0n) is 13.9. The Balaban J connectivity index is 2.14. The lowest BCUT2D eigenvalue weighted by Gasteiger charge is -2.32. The Kier molecular flexibility index (Phi) is 5.16. The molecule has 0 aliphatic carbocycles. The summed E-state index contributed by atoms with van der Waals surface area (Å²) < 4.78 is 10.6. The first-order valence-electron chi connectivity index (χ1n) is 7.82. The molecule has 1 aromatic rings. The van der Waals surface area contributed by atoms with Gasteiger partial charge in [0.05, 0.1) is 18.9 Å². The van der Waals surface area contributed by atoms with Crippen LogP contribution in [0.4, 0.5) is 10.5 Å². The molecule has 1 aliphatic rings. The summed E-state index contributed by atoms with van der Waals surface area (Å²) in [5.41, 5.74) is 9.19. The zero-order valence-corrected chi connectivity index (χ0v) is 13.9. The number of benzene rings is 1. The summed E-state index contributed by atoms with van der Waals surface area (Å²) in [5.74, 6) is 1.18. The first-order chi connectivity index (χ1) is 10.4. The van der Waals surface area contributed by atoms with Crippen LogP contribution in [0, 0.1) is 6.92 Å². The number of likely N-dealkylation sites (tertiary alicyclic amines) is 1. The van der Waals surface area contributed by atoms with Gasteiger partial charge in [-0.05, 0) is 62.8 Å². The number of rotatable bonds is 3. The second kappa shape index (κ2) is 6.90. The summed E-state index contributed by atoms with van der Waals surface area (Å²) in [7, 11) is 1.42. The van der Waals surface area contributed by atoms with Crippen molar-refractivity contribution in [3.63, 3.8) is 0 Å². The molecule has 5 nitrogen and oxygen atoms in total. The smallest absolute Gasteiger partial charge is 0.409 e. The van der Waals surface area contributed by atoms with E-state index in [4.69, 9.17) is 15.2 Å². The predicted molar refractivity (Wildman–Crippen MR) is 87.3 cm³/mol. The normalized spacial score (nSPS) is 16.0. The molecule has 0 bridgehead atoms. The van der Waals surface area contributed by atoms with Crippen LogP contribution >= 0.6 is 0 Å². The number of amides is 1. The summed E-state index contributed by atoms with van der Waals surface area (Å²) in [4.78, 5) is 13.3. The minimum absolute atomic E-state index is 0.0963. The summed E-state index contributed by atoms with van der Waals surface area (Å²) >= 11 is 0. The Morgan fingerprint density at radius 2 is 1.95 bits per heavy atom. The fourth-order valence-corrected chi connectivity index (χ4v) is 3.02. The third kappa shape index (κ3) is 3.64. The first-order valence-corrected chi connectivity index (χ1v) is 7.82. The van der Waals surface area contributed by atoms with E-state index in [0.29, 0.717) is 11.6 Å². The van der Waals surface area contributed by atoms with Gasteiger partial charge in [0, 0.05) is 13.1 Å². The molecule has 0 aromatic heterocycles.